The minimum atomic E-state index is -4.02. The molecule has 0 amide bonds. The quantitative estimate of drug-likeness (QED) is 0.682. The molecule has 0 atom stereocenters. The molecular weight excluding hydrogens is 240 g/mol. The molecule has 0 aromatic heterocycles. The van der Waals surface area contributed by atoms with Gasteiger partial charge in [0.25, 0.3) is 0 Å². The number of nitrogens with zero attached hydrogens (tertiary/aromatic N) is 1. The van der Waals surface area contributed by atoms with Crippen LogP contribution in [0.3, 0.4) is 0 Å². The van der Waals surface area contributed by atoms with E-state index >= 15 is 0 Å². The first-order valence-electron chi connectivity index (χ1n) is 4.89. The molecular formula is C10H14N4O2S. The zero-order valence-corrected chi connectivity index (χ0v) is 10.4. The summed E-state index contributed by atoms with van der Waals surface area (Å²) < 4.78 is 22.8. The van der Waals surface area contributed by atoms with Crippen LogP contribution in [0.4, 0.5) is 11.4 Å². The first-order valence-corrected chi connectivity index (χ1v) is 6.44. The molecule has 0 saturated carbocycles. The molecule has 0 saturated heterocycles. The maximum atomic E-state index is 11.4. The second-order valence-corrected chi connectivity index (χ2v) is 5.36. The Bertz CT molecular complexity index is 573. The topological polar surface area (TPSA) is 122 Å². The molecule has 0 aliphatic rings. The Morgan fingerprint density at radius 1 is 1.41 bits per heavy atom. The molecule has 17 heavy (non-hydrogen) atoms. The summed E-state index contributed by atoms with van der Waals surface area (Å²) in [4.78, 5) is -0.328. The van der Waals surface area contributed by atoms with E-state index in [0.29, 0.717) is 5.69 Å². The van der Waals surface area contributed by atoms with Crippen molar-refractivity contribution in [3.8, 4) is 6.07 Å². The van der Waals surface area contributed by atoms with Crippen molar-refractivity contribution in [2.24, 2.45) is 5.14 Å². The molecule has 1 aromatic carbocycles. The molecule has 6 nitrogen and oxygen atoms in total. The standard InChI is InChI=1S/C10H14N4O2S/c1-6(2)14-9-4-3-8(12)10(7(9)5-11)17(13,15)16/h3-4,6,14H,12H2,1-2H3,(H2,13,15,16). The number of nitrogen functional groups attached to an aromatic ring is 1. The van der Waals surface area contributed by atoms with E-state index in [-0.39, 0.29) is 22.2 Å². The summed E-state index contributed by atoms with van der Waals surface area (Å²) >= 11 is 0. The lowest BCUT2D eigenvalue weighted by atomic mass is 10.1. The summed E-state index contributed by atoms with van der Waals surface area (Å²) in [7, 11) is -4.02. The van der Waals surface area contributed by atoms with Gasteiger partial charge in [0.2, 0.25) is 10.0 Å². The van der Waals surface area contributed by atoms with Crippen LogP contribution in [0.15, 0.2) is 17.0 Å². The van der Waals surface area contributed by atoms with Gasteiger partial charge in [0.15, 0.2) is 0 Å². The van der Waals surface area contributed by atoms with Gasteiger partial charge in [-0.25, -0.2) is 13.6 Å². The molecule has 7 heteroatoms. The predicted molar refractivity (Wildman–Crippen MR) is 65.7 cm³/mol. The zero-order chi connectivity index (χ0) is 13.2. The highest BCUT2D eigenvalue weighted by Gasteiger charge is 2.21. The number of hydrogen-bond acceptors (Lipinski definition) is 5. The second kappa shape index (κ2) is 4.61. The Hall–Kier alpha value is -1.78. The lowest BCUT2D eigenvalue weighted by molar-refractivity contribution is 0.598. The van der Waals surface area contributed by atoms with Gasteiger partial charge in [-0.15, -0.1) is 0 Å². The molecule has 1 aromatic rings. The summed E-state index contributed by atoms with van der Waals surface area (Å²) in [5.74, 6) is 0. The van der Waals surface area contributed by atoms with Gasteiger partial charge in [-0.1, -0.05) is 0 Å². The fraction of sp³-hybridized carbons (Fsp3) is 0.300. The lowest BCUT2D eigenvalue weighted by Crippen LogP contribution is -2.18. The van der Waals surface area contributed by atoms with Gasteiger partial charge in [-0.05, 0) is 26.0 Å². The Labute approximate surface area is 100 Å². The van der Waals surface area contributed by atoms with Crippen LogP contribution in [-0.2, 0) is 10.0 Å². The number of nitrogens with one attached hydrogen (secondary N) is 1. The van der Waals surface area contributed by atoms with E-state index in [1.807, 2.05) is 19.9 Å². The van der Waals surface area contributed by atoms with Crippen LogP contribution in [0.2, 0.25) is 0 Å². The van der Waals surface area contributed by atoms with Crippen LogP contribution >= 0.6 is 0 Å². The van der Waals surface area contributed by atoms with Crippen LogP contribution in [0, 0.1) is 11.3 Å². The van der Waals surface area contributed by atoms with Crippen LogP contribution < -0.4 is 16.2 Å². The van der Waals surface area contributed by atoms with Gasteiger partial charge in [0.05, 0.1) is 16.9 Å². The third-order valence-electron chi connectivity index (χ3n) is 2.03. The van der Waals surface area contributed by atoms with Gasteiger partial charge in [-0.2, -0.15) is 5.26 Å². The first-order chi connectivity index (χ1) is 7.77. The molecule has 0 fully saturated rings. The maximum absolute atomic E-state index is 11.4. The number of nitrogens with two attached hydrogens (primary N) is 2. The van der Waals surface area contributed by atoms with Crippen molar-refractivity contribution < 1.29 is 8.42 Å². The van der Waals surface area contributed by atoms with Crippen molar-refractivity contribution in [3.05, 3.63) is 17.7 Å². The molecule has 0 unspecified atom stereocenters. The van der Waals surface area contributed by atoms with E-state index in [2.05, 4.69) is 5.32 Å². The van der Waals surface area contributed by atoms with Gasteiger partial charge < -0.3 is 11.1 Å². The Morgan fingerprint density at radius 2 is 2.00 bits per heavy atom. The minimum absolute atomic E-state index is 0.0293. The van der Waals surface area contributed by atoms with E-state index in [0.717, 1.165) is 0 Å². The van der Waals surface area contributed by atoms with Crippen molar-refractivity contribution in [3.63, 3.8) is 0 Å². The van der Waals surface area contributed by atoms with Gasteiger partial charge in [0, 0.05) is 6.04 Å². The van der Waals surface area contributed by atoms with Crippen molar-refractivity contribution in [1.29, 1.82) is 5.26 Å². The predicted octanol–water partition coefficient (Wildman–Crippen LogP) is 0.608. The zero-order valence-electron chi connectivity index (χ0n) is 9.56. The SMILES string of the molecule is CC(C)Nc1ccc(N)c(S(N)(=O)=O)c1C#N. The number of sulfonamides is 1. The van der Waals surface area contributed by atoms with Crippen LogP contribution in [0.5, 0.6) is 0 Å². The first kappa shape index (κ1) is 13.3. The molecule has 0 aliphatic carbocycles. The molecule has 0 spiro atoms. The van der Waals surface area contributed by atoms with Crippen molar-refractivity contribution >= 4 is 21.4 Å². The second-order valence-electron chi connectivity index (χ2n) is 3.86. The van der Waals surface area contributed by atoms with Gasteiger partial charge >= 0.3 is 0 Å². The maximum Gasteiger partial charge on any atom is 0.241 e. The summed E-state index contributed by atoms with van der Waals surface area (Å²) in [6.07, 6.45) is 0. The molecule has 0 radical (unpaired) electrons. The average Bonchev–Trinajstić information content (AvgIpc) is 2.17. The van der Waals surface area contributed by atoms with Crippen LogP contribution in [0.1, 0.15) is 19.4 Å². The number of anilines is 2. The Kier molecular flexibility index (Phi) is 3.60. The monoisotopic (exact) mass is 254 g/mol. The number of rotatable bonds is 3. The molecule has 0 bridgehead atoms. The van der Waals surface area contributed by atoms with E-state index in [1.54, 1.807) is 6.07 Å². The summed E-state index contributed by atoms with van der Waals surface area (Å²) in [5.41, 5.74) is 5.86. The average molecular weight is 254 g/mol. The Morgan fingerprint density at radius 3 is 2.41 bits per heavy atom. The summed E-state index contributed by atoms with van der Waals surface area (Å²) in [6, 6.07) is 4.84. The van der Waals surface area contributed by atoms with E-state index in [9.17, 15) is 8.42 Å². The normalized spacial score (nSPS) is 11.2. The third kappa shape index (κ3) is 2.87. The Balaban J connectivity index is 3.55. The lowest BCUT2D eigenvalue weighted by Gasteiger charge is -2.14. The van der Waals surface area contributed by atoms with Gasteiger partial charge in [-0.3, -0.25) is 0 Å². The molecule has 0 aliphatic heterocycles. The highest BCUT2D eigenvalue weighted by atomic mass is 32.2. The van der Waals surface area contributed by atoms with E-state index in [4.69, 9.17) is 16.1 Å². The number of primary sulfonamides is 1. The van der Waals surface area contributed by atoms with Crippen molar-refractivity contribution in [2.75, 3.05) is 11.1 Å². The highest BCUT2D eigenvalue weighted by Crippen LogP contribution is 2.28. The van der Waals surface area contributed by atoms with Crippen molar-refractivity contribution in [1.82, 2.24) is 0 Å². The smallest absolute Gasteiger partial charge is 0.241 e. The number of hydrogen-bond donors (Lipinski definition) is 3. The van der Waals surface area contributed by atoms with Crippen LogP contribution in [0.25, 0.3) is 0 Å². The van der Waals surface area contributed by atoms with Crippen LogP contribution in [-0.4, -0.2) is 14.5 Å². The largest absolute Gasteiger partial charge is 0.398 e. The molecule has 0 heterocycles. The number of nitriles is 1. The fourth-order valence-electron chi connectivity index (χ4n) is 1.45. The highest BCUT2D eigenvalue weighted by molar-refractivity contribution is 7.89. The van der Waals surface area contributed by atoms with E-state index in [1.165, 1.54) is 6.07 Å². The summed E-state index contributed by atoms with van der Waals surface area (Å²) in [6.45, 7) is 3.74. The molecule has 92 valence electrons. The van der Waals surface area contributed by atoms with E-state index < -0.39 is 10.0 Å². The third-order valence-corrected chi connectivity index (χ3v) is 3.04. The minimum Gasteiger partial charge on any atom is -0.398 e. The fourth-order valence-corrected chi connectivity index (χ4v) is 2.28. The molecule has 1 rings (SSSR count). The van der Waals surface area contributed by atoms with Crippen molar-refractivity contribution in [2.45, 2.75) is 24.8 Å². The molecule has 5 N–H and O–H groups in total. The van der Waals surface area contributed by atoms with Gasteiger partial charge in [0.1, 0.15) is 11.0 Å². The number of benzene rings is 1. The summed E-state index contributed by atoms with van der Waals surface area (Å²) in [5, 5.41) is 17.0.